The van der Waals surface area contributed by atoms with E-state index in [0.29, 0.717) is 18.8 Å². The van der Waals surface area contributed by atoms with E-state index in [1.807, 2.05) is 18.4 Å². The molecule has 1 fully saturated rings. The first kappa shape index (κ1) is 15.5. The van der Waals surface area contributed by atoms with Crippen LogP contribution in [0.25, 0.3) is 0 Å². The van der Waals surface area contributed by atoms with Crippen LogP contribution in [0.5, 0.6) is 0 Å². The average molecular weight is 301 g/mol. The van der Waals surface area contributed by atoms with Crippen LogP contribution in [0, 0.1) is 12.3 Å². The van der Waals surface area contributed by atoms with Crippen LogP contribution in [0.4, 0.5) is 0 Å². The van der Waals surface area contributed by atoms with Crippen molar-refractivity contribution in [2.45, 2.75) is 51.1 Å². The third-order valence-corrected chi connectivity index (χ3v) is 5.20. The van der Waals surface area contributed by atoms with E-state index < -0.39 is 10.0 Å². The van der Waals surface area contributed by atoms with Crippen LogP contribution >= 0.6 is 0 Å². The van der Waals surface area contributed by atoms with Crippen molar-refractivity contribution in [2.24, 2.45) is 5.41 Å². The van der Waals surface area contributed by atoms with Crippen molar-refractivity contribution < 1.29 is 13.5 Å². The fourth-order valence-corrected chi connectivity index (χ4v) is 3.49. The molecule has 1 aliphatic rings. The van der Waals surface area contributed by atoms with E-state index in [0.717, 1.165) is 25.8 Å². The average Bonchev–Trinajstić information content (AvgIpc) is 3.06. The molecule has 0 radical (unpaired) electrons. The fourth-order valence-electron chi connectivity index (χ4n) is 2.33. The van der Waals surface area contributed by atoms with Crippen molar-refractivity contribution in [3.8, 4) is 0 Å². The maximum absolute atomic E-state index is 12.2. The van der Waals surface area contributed by atoms with Crippen LogP contribution in [0.2, 0.25) is 0 Å². The lowest BCUT2D eigenvalue weighted by atomic mass is 10.0. The molecule has 1 aromatic rings. The highest BCUT2D eigenvalue weighted by atomic mass is 32.2. The Bertz CT molecular complexity index is 561. The molecule has 1 aromatic heterocycles. The van der Waals surface area contributed by atoms with Gasteiger partial charge in [0.05, 0.1) is 0 Å². The highest BCUT2D eigenvalue weighted by molar-refractivity contribution is 7.89. The van der Waals surface area contributed by atoms with Crippen molar-refractivity contribution >= 4 is 10.0 Å². The summed E-state index contributed by atoms with van der Waals surface area (Å²) in [6.07, 6.45) is 5.12. The number of aliphatic hydroxyl groups excluding tert-OH is 1. The third kappa shape index (κ3) is 3.39. The van der Waals surface area contributed by atoms with E-state index in [1.165, 1.54) is 0 Å². The van der Waals surface area contributed by atoms with E-state index in [9.17, 15) is 8.42 Å². The highest BCUT2D eigenvalue weighted by Crippen LogP contribution is 2.48. The minimum absolute atomic E-state index is 0.0388. The van der Waals surface area contributed by atoms with Crippen molar-refractivity contribution in [2.75, 3.05) is 13.2 Å². The van der Waals surface area contributed by atoms with E-state index in [-0.39, 0.29) is 17.0 Å². The lowest BCUT2D eigenvalue weighted by molar-refractivity contribution is 0.249. The highest BCUT2D eigenvalue weighted by Gasteiger charge is 2.42. The Hall–Kier alpha value is -0.920. The molecular formula is C13H23N3O3S. The van der Waals surface area contributed by atoms with E-state index in [2.05, 4.69) is 9.71 Å². The molecule has 20 heavy (non-hydrogen) atoms. The maximum Gasteiger partial charge on any atom is 0.259 e. The molecule has 0 unspecified atom stereocenters. The number of imidazole rings is 1. The first-order chi connectivity index (χ1) is 9.42. The van der Waals surface area contributed by atoms with Gasteiger partial charge in [0.25, 0.3) is 10.0 Å². The molecule has 2 rings (SSSR count). The van der Waals surface area contributed by atoms with Gasteiger partial charge in [-0.15, -0.1) is 0 Å². The Balaban J connectivity index is 2.05. The van der Waals surface area contributed by atoms with Gasteiger partial charge < -0.3 is 9.67 Å². The van der Waals surface area contributed by atoms with Crippen LogP contribution in [0.3, 0.4) is 0 Å². The van der Waals surface area contributed by atoms with Crippen molar-refractivity contribution in [1.29, 1.82) is 0 Å². The van der Waals surface area contributed by atoms with Gasteiger partial charge in [-0.2, -0.15) is 0 Å². The summed E-state index contributed by atoms with van der Waals surface area (Å²) in [5.74, 6) is 0.712. The topological polar surface area (TPSA) is 84.2 Å². The van der Waals surface area contributed by atoms with Crippen LogP contribution in [0.1, 0.15) is 38.4 Å². The van der Waals surface area contributed by atoms with E-state index >= 15 is 0 Å². The molecule has 1 heterocycles. The summed E-state index contributed by atoms with van der Waals surface area (Å²) < 4.78 is 28.9. The summed E-state index contributed by atoms with van der Waals surface area (Å²) in [4.78, 5) is 4.13. The van der Waals surface area contributed by atoms with Crippen molar-refractivity contribution in [1.82, 2.24) is 14.3 Å². The van der Waals surface area contributed by atoms with Crippen molar-refractivity contribution in [3.05, 3.63) is 12.0 Å². The number of hydrogen-bond acceptors (Lipinski definition) is 4. The lowest BCUT2D eigenvalue weighted by Crippen LogP contribution is -2.31. The zero-order chi connectivity index (χ0) is 14.8. The van der Waals surface area contributed by atoms with Crippen LogP contribution < -0.4 is 4.72 Å². The van der Waals surface area contributed by atoms with E-state index in [4.69, 9.17) is 5.11 Å². The van der Waals surface area contributed by atoms with Gasteiger partial charge in [0.2, 0.25) is 0 Å². The summed E-state index contributed by atoms with van der Waals surface area (Å²) >= 11 is 0. The van der Waals surface area contributed by atoms with Gasteiger partial charge in [-0.3, -0.25) is 0 Å². The Kier molecular flexibility index (Phi) is 4.51. The van der Waals surface area contributed by atoms with Gasteiger partial charge in [-0.25, -0.2) is 18.1 Å². The summed E-state index contributed by atoms with van der Waals surface area (Å²) in [5.41, 5.74) is -0.0388. The molecule has 1 saturated carbocycles. The first-order valence-electron chi connectivity index (χ1n) is 7.07. The minimum Gasteiger partial charge on any atom is -0.396 e. The Morgan fingerprint density at radius 2 is 2.20 bits per heavy atom. The molecule has 0 atom stereocenters. The molecule has 114 valence electrons. The molecule has 6 nitrogen and oxygen atoms in total. The molecule has 0 amide bonds. The van der Waals surface area contributed by atoms with Crippen LogP contribution in [-0.2, 0) is 16.6 Å². The smallest absolute Gasteiger partial charge is 0.259 e. The maximum atomic E-state index is 12.2. The predicted molar refractivity (Wildman–Crippen MR) is 75.8 cm³/mol. The summed E-state index contributed by atoms with van der Waals surface area (Å²) in [7, 11) is -3.56. The van der Waals surface area contributed by atoms with Crippen molar-refractivity contribution in [3.63, 3.8) is 0 Å². The number of sulfonamides is 1. The molecule has 0 aromatic carbocycles. The van der Waals surface area contributed by atoms with Gasteiger partial charge in [0.1, 0.15) is 5.82 Å². The van der Waals surface area contributed by atoms with Gasteiger partial charge in [-0.1, -0.05) is 6.92 Å². The number of hydrogen-bond donors (Lipinski definition) is 2. The molecule has 0 aliphatic heterocycles. The number of nitrogens with zero attached hydrogens (tertiary/aromatic N) is 2. The molecule has 1 aliphatic carbocycles. The number of aryl methyl sites for hydroxylation is 2. The SMILES string of the molecule is CCCn1cc(S(=O)(=O)NCC2(CCO)CC2)nc1C. The second kappa shape index (κ2) is 5.83. The zero-order valence-corrected chi connectivity index (χ0v) is 12.9. The predicted octanol–water partition coefficient (Wildman–Crippen LogP) is 1.04. The number of aromatic nitrogens is 2. The lowest BCUT2D eigenvalue weighted by Gasteiger charge is -2.13. The summed E-state index contributed by atoms with van der Waals surface area (Å²) in [6.45, 7) is 5.10. The molecule has 2 N–H and O–H groups in total. The quantitative estimate of drug-likeness (QED) is 0.751. The Labute approximate surface area is 120 Å². The normalized spacial score (nSPS) is 17.4. The van der Waals surface area contributed by atoms with E-state index in [1.54, 1.807) is 6.20 Å². The minimum atomic E-state index is -3.56. The number of aliphatic hydroxyl groups is 1. The largest absolute Gasteiger partial charge is 0.396 e. The molecular weight excluding hydrogens is 278 g/mol. The van der Waals surface area contributed by atoms with Gasteiger partial charge >= 0.3 is 0 Å². The van der Waals surface area contributed by atoms with Crippen LogP contribution in [-0.4, -0.2) is 36.2 Å². The van der Waals surface area contributed by atoms with Gasteiger partial charge in [-0.05, 0) is 38.0 Å². The fraction of sp³-hybridized carbons (Fsp3) is 0.769. The summed E-state index contributed by atoms with van der Waals surface area (Å²) in [5, 5.41) is 9.08. The molecule has 0 saturated heterocycles. The second-order valence-corrected chi connectivity index (χ2v) is 7.33. The van der Waals surface area contributed by atoms with Gasteiger partial charge in [0, 0.05) is 25.9 Å². The Morgan fingerprint density at radius 3 is 2.75 bits per heavy atom. The molecule has 0 spiro atoms. The Morgan fingerprint density at radius 1 is 1.50 bits per heavy atom. The first-order valence-corrected chi connectivity index (χ1v) is 8.55. The number of nitrogens with one attached hydrogen (secondary N) is 1. The molecule has 0 bridgehead atoms. The second-order valence-electron chi connectivity index (χ2n) is 5.62. The monoisotopic (exact) mass is 301 g/mol. The number of rotatable bonds is 8. The van der Waals surface area contributed by atoms with Crippen LogP contribution in [0.15, 0.2) is 11.2 Å². The third-order valence-electron chi connectivity index (χ3n) is 3.93. The zero-order valence-electron chi connectivity index (χ0n) is 12.1. The standard InChI is InChI=1S/C13H23N3O3S/c1-3-7-16-9-12(15-11(16)2)20(18,19)14-10-13(4-5-13)6-8-17/h9,14,17H,3-8,10H2,1-2H3. The summed E-state index contributed by atoms with van der Waals surface area (Å²) in [6, 6.07) is 0. The van der Waals surface area contributed by atoms with Gasteiger partial charge in [0.15, 0.2) is 5.03 Å². The molecule has 7 heteroatoms.